The molecule has 0 bridgehead atoms. The molecule has 0 unspecified atom stereocenters. The highest BCUT2D eigenvalue weighted by Gasteiger charge is 2.52. The van der Waals surface area contributed by atoms with Crippen molar-refractivity contribution in [2.45, 2.75) is 45.7 Å². The van der Waals surface area contributed by atoms with Crippen molar-refractivity contribution in [2.24, 2.45) is 5.41 Å². The first-order valence-electron chi connectivity index (χ1n) is 10.1. The van der Waals surface area contributed by atoms with E-state index in [1.807, 2.05) is 33.0 Å². The van der Waals surface area contributed by atoms with Crippen LogP contribution in [0.5, 0.6) is 11.5 Å². The van der Waals surface area contributed by atoms with E-state index in [9.17, 15) is 9.90 Å². The van der Waals surface area contributed by atoms with Crippen LogP contribution >= 0.6 is 11.6 Å². The topological polar surface area (TPSA) is 62.2 Å². The summed E-state index contributed by atoms with van der Waals surface area (Å²) in [7, 11) is 2.04. The summed E-state index contributed by atoms with van der Waals surface area (Å²) in [6, 6.07) is 3.81. The van der Waals surface area contributed by atoms with E-state index < -0.39 is 11.4 Å². The lowest BCUT2D eigenvalue weighted by Crippen LogP contribution is -2.62. The first kappa shape index (κ1) is 21.2. The zero-order valence-electron chi connectivity index (χ0n) is 17.0. The lowest BCUT2D eigenvalue weighted by atomic mass is 9.68. The van der Waals surface area contributed by atoms with Crippen molar-refractivity contribution < 1.29 is 19.4 Å². The van der Waals surface area contributed by atoms with Gasteiger partial charge in [-0.25, -0.2) is 0 Å². The second-order valence-electron chi connectivity index (χ2n) is 7.80. The minimum absolute atomic E-state index is 0.0281. The van der Waals surface area contributed by atoms with Gasteiger partial charge in [0.1, 0.15) is 0 Å². The number of hydrogen-bond donors (Lipinski definition) is 1. The Labute approximate surface area is 172 Å². The fourth-order valence-corrected chi connectivity index (χ4v) is 4.88. The Balaban J connectivity index is 1.79. The molecule has 0 radical (unpaired) electrons. The standard InChI is InChI=1S/C21H31ClN2O4/c1-4-27-17-11-15(16(22)12-18(17)28-5-2)13-24-10-8-21(20(25)26)7-6-9-23(3)19(21)14-24/h11-12,19H,4-10,13-14H2,1-3H3,(H,25,26)/t19-,21+/m1/s1. The van der Waals surface area contributed by atoms with Crippen LogP contribution in [0.4, 0.5) is 0 Å². The van der Waals surface area contributed by atoms with Crippen LogP contribution in [-0.2, 0) is 11.3 Å². The lowest BCUT2D eigenvalue weighted by Gasteiger charge is -2.51. The molecule has 0 amide bonds. The summed E-state index contributed by atoms with van der Waals surface area (Å²) < 4.78 is 11.4. The van der Waals surface area contributed by atoms with Crippen molar-refractivity contribution in [3.63, 3.8) is 0 Å². The molecule has 2 saturated heterocycles. The molecule has 0 spiro atoms. The number of ether oxygens (including phenoxy) is 2. The number of carbonyl (C=O) groups is 1. The second-order valence-corrected chi connectivity index (χ2v) is 8.21. The molecule has 1 N–H and O–H groups in total. The van der Waals surface area contributed by atoms with Gasteiger partial charge in [0, 0.05) is 30.2 Å². The number of aliphatic carboxylic acids is 1. The number of likely N-dealkylation sites (tertiary alicyclic amines) is 2. The summed E-state index contributed by atoms with van der Waals surface area (Å²) in [6.45, 7) is 8.09. The summed E-state index contributed by atoms with van der Waals surface area (Å²) in [5, 5.41) is 10.6. The molecule has 1 aromatic rings. The number of carboxylic acids is 1. The monoisotopic (exact) mass is 410 g/mol. The molecule has 2 fully saturated rings. The molecule has 0 aliphatic carbocycles. The number of piperidine rings is 2. The van der Waals surface area contributed by atoms with E-state index >= 15 is 0 Å². The van der Waals surface area contributed by atoms with Crippen molar-refractivity contribution in [1.29, 1.82) is 0 Å². The van der Waals surface area contributed by atoms with Gasteiger partial charge in [-0.05, 0) is 64.9 Å². The van der Waals surface area contributed by atoms with Crippen LogP contribution in [-0.4, -0.2) is 66.8 Å². The molecule has 0 aromatic heterocycles. The lowest BCUT2D eigenvalue weighted by molar-refractivity contribution is -0.162. The number of nitrogens with zero attached hydrogens (tertiary/aromatic N) is 2. The third-order valence-corrected chi connectivity index (χ3v) is 6.49. The zero-order valence-corrected chi connectivity index (χ0v) is 17.8. The van der Waals surface area contributed by atoms with Crippen molar-refractivity contribution >= 4 is 17.6 Å². The number of hydrogen-bond acceptors (Lipinski definition) is 5. The maximum absolute atomic E-state index is 12.1. The van der Waals surface area contributed by atoms with Crippen LogP contribution < -0.4 is 9.47 Å². The molecule has 2 atom stereocenters. The number of rotatable bonds is 7. The van der Waals surface area contributed by atoms with Crippen LogP contribution in [0.2, 0.25) is 5.02 Å². The van der Waals surface area contributed by atoms with Gasteiger partial charge >= 0.3 is 5.97 Å². The van der Waals surface area contributed by atoms with E-state index in [0.717, 1.165) is 38.0 Å². The van der Waals surface area contributed by atoms with E-state index in [4.69, 9.17) is 21.1 Å². The Morgan fingerprint density at radius 2 is 1.89 bits per heavy atom. The average molecular weight is 411 g/mol. The Morgan fingerprint density at radius 3 is 2.54 bits per heavy atom. The Bertz CT molecular complexity index is 714. The van der Waals surface area contributed by atoms with Crippen molar-refractivity contribution in [1.82, 2.24) is 9.80 Å². The third-order valence-electron chi connectivity index (χ3n) is 6.14. The van der Waals surface area contributed by atoms with Gasteiger partial charge in [-0.3, -0.25) is 9.69 Å². The van der Waals surface area contributed by atoms with Gasteiger partial charge in [0.05, 0.1) is 18.6 Å². The van der Waals surface area contributed by atoms with Crippen molar-refractivity contribution in [3.8, 4) is 11.5 Å². The SMILES string of the molecule is CCOc1cc(Cl)c(CN2CC[C@@]3(C(=O)O)CCCN(C)[C@@H]3C2)cc1OCC. The fraction of sp³-hybridized carbons (Fsp3) is 0.667. The summed E-state index contributed by atoms with van der Waals surface area (Å²) in [5.41, 5.74) is 0.359. The quantitative estimate of drug-likeness (QED) is 0.742. The Kier molecular flexibility index (Phi) is 6.73. The van der Waals surface area contributed by atoms with Gasteiger partial charge in [0.25, 0.3) is 0 Å². The molecule has 2 heterocycles. The van der Waals surface area contributed by atoms with Gasteiger partial charge in [-0.1, -0.05) is 11.6 Å². The van der Waals surface area contributed by atoms with Crippen molar-refractivity contribution in [3.05, 3.63) is 22.7 Å². The fourth-order valence-electron chi connectivity index (χ4n) is 4.66. The first-order valence-corrected chi connectivity index (χ1v) is 10.5. The highest BCUT2D eigenvalue weighted by molar-refractivity contribution is 6.31. The van der Waals surface area contributed by atoms with Crippen LogP contribution in [0, 0.1) is 5.41 Å². The molecule has 2 aliphatic heterocycles. The molecule has 0 saturated carbocycles. The molecule has 3 rings (SSSR count). The molecule has 1 aromatic carbocycles. The Hall–Kier alpha value is -1.50. The molecular formula is C21H31ClN2O4. The number of carboxylic acid groups (broad SMARTS) is 1. The number of likely N-dealkylation sites (N-methyl/N-ethyl adjacent to an activating group) is 1. The van der Waals surface area contributed by atoms with Gasteiger partial charge < -0.3 is 19.5 Å². The van der Waals surface area contributed by atoms with E-state index in [1.54, 1.807) is 0 Å². The normalized spacial score (nSPS) is 25.9. The molecular weight excluding hydrogens is 380 g/mol. The number of benzene rings is 1. The highest BCUT2D eigenvalue weighted by Crippen LogP contribution is 2.43. The smallest absolute Gasteiger partial charge is 0.311 e. The summed E-state index contributed by atoms with van der Waals surface area (Å²) in [5.74, 6) is 0.713. The van der Waals surface area contributed by atoms with Gasteiger partial charge in [0.15, 0.2) is 11.5 Å². The molecule has 6 nitrogen and oxygen atoms in total. The number of fused-ring (bicyclic) bond motifs is 1. The van der Waals surface area contributed by atoms with Gasteiger partial charge in [-0.2, -0.15) is 0 Å². The Morgan fingerprint density at radius 1 is 1.21 bits per heavy atom. The van der Waals surface area contributed by atoms with Crippen LogP contribution in [0.15, 0.2) is 12.1 Å². The molecule has 156 valence electrons. The molecule has 28 heavy (non-hydrogen) atoms. The largest absolute Gasteiger partial charge is 0.490 e. The van der Waals surface area contributed by atoms with E-state index in [0.29, 0.717) is 42.7 Å². The average Bonchev–Trinajstić information content (AvgIpc) is 2.66. The predicted molar refractivity (Wildman–Crippen MR) is 109 cm³/mol. The van der Waals surface area contributed by atoms with E-state index in [1.165, 1.54) is 0 Å². The number of halogens is 1. The zero-order chi connectivity index (χ0) is 20.3. The van der Waals surface area contributed by atoms with Crippen LogP contribution in [0.3, 0.4) is 0 Å². The molecule has 7 heteroatoms. The van der Waals surface area contributed by atoms with E-state index in [2.05, 4.69) is 9.80 Å². The maximum Gasteiger partial charge on any atom is 0.311 e. The molecule has 2 aliphatic rings. The van der Waals surface area contributed by atoms with Gasteiger partial charge in [-0.15, -0.1) is 0 Å². The summed E-state index contributed by atoms with van der Waals surface area (Å²) >= 11 is 6.53. The third kappa shape index (κ3) is 4.09. The highest BCUT2D eigenvalue weighted by atomic mass is 35.5. The summed E-state index contributed by atoms with van der Waals surface area (Å²) in [4.78, 5) is 16.6. The second kappa shape index (κ2) is 8.89. The summed E-state index contributed by atoms with van der Waals surface area (Å²) in [6.07, 6.45) is 2.38. The predicted octanol–water partition coefficient (Wildman–Crippen LogP) is 3.51. The van der Waals surface area contributed by atoms with Crippen molar-refractivity contribution in [2.75, 3.05) is 39.9 Å². The maximum atomic E-state index is 12.1. The van der Waals surface area contributed by atoms with Crippen LogP contribution in [0.1, 0.15) is 38.7 Å². The van der Waals surface area contributed by atoms with E-state index in [-0.39, 0.29) is 6.04 Å². The minimum atomic E-state index is -0.651. The van der Waals surface area contributed by atoms with Gasteiger partial charge in [0.2, 0.25) is 0 Å². The van der Waals surface area contributed by atoms with Crippen LogP contribution in [0.25, 0.3) is 0 Å². The first-order chi connectivity index (χ1) is 13.4. The minimum Gasteiger partial charge on any atom is -0.490 e.